The van der Waals surface area contributed by atoms with Gasteiger partial charge in [0.25, 0.3) is 15.0 Å². The lowest BCUT2D eigenvalue weighted by Crippen LogP contribution is -2.50. The number of hydrogen-bond donors (Lipinski definition) is 0. The third kappa shape index (κ3) is 12.4. The molecule has 11 rings (SSSR count). The molecule has 0 aliphatic heterocycles. The predicted octanol–water partition coefficient (Wildman–Crippen LogP) is 13.1. The standard InChI is InChI=1S/2C28H22OP.C8H3BF6O3/c2*1-4-15-24(16-5-1)30(25-17-6-2-7-18-25,26-19-8-3-9-20-26)29-28-22-12-14-23-13-10-11-21-27(23)28;10-7(11,12)4-1-5(8(13,14)15)3-6(2-4)18-9(16)17/h2*1-22H;1-3H/q2*+1;-2. The van der Waals surface area contributed by atoms with E-state index in [4.69, 9.17) is 9.05 Å². The first-order chi connectivity index (χ1) is 37.8. The smallest absolute Gasteiger partial charge is 0.416 e. The zero-order valence-corrected chi connectivity index (χ0v) is 43.2. The van der Waals surface area contributed by atoms with E-state index >= 15 is 0 Å². The van der Waals surface area contributed by atoms with Gasteiger partial charge in [-0.3, -0.25) is 0 Å². The van der Waals surface area contributed by atoms with Crippen LogP contribution in [0.1, 0.15) is 11.1 Å². The third-order valence-corrected chi connectivity index (χ3v) is 19.6. The Bertz CT molecular complexity index is 3240. The van der Waals surface area contributed by atoms with Crippen molar-refractivity contribution in [2.75, 3.05) is 0 Å². The van der Waals surface area contributed by atoms with Crippen LogP contribution in [0.3, 0.4) is 0 Å². The molecule has 0 bridgehead atoms. The summed E-state index contributed by atoms with van der Waals surface area (Å²) in [7, 11) is -7.78. The number of hydrogen-bond acceptors (Lipinski definition) is 5. The zero-order chi connectivity index (χ0) is 54.6. The average molecular weight is 1080 g/mol. The van der Waals surface area contributed by atoms with Gasteiger partial charge in [0.1, 0.15) is 39.1 Å². The van der Waals surface area contributed by atoms with E-state index < -0.39 is 51.5 Å². The molecule has 0 aliphatic rings. The van der Waals surface area contributed by atoms with Crippen LogP contribution in [0.15, 0.2) is 285 Å². The highest BCUT2D eigenvalue weighted by atomic mass is 31.2. The molecule has 0 aliphatic carbocycles. The summed E-state index contributed by atoms with van der Waals surface area (Å²) in [5, 5.41) is 32.0. The molecule has 0 radical (unpaired) electrons. The van der Waals surface area contributed by atoms with Crippen LogP contribution in [0.2, 0.25) is 0 Å². The van der Waals surface area contributed by atoms with Gasteiger partial charge in [-0.15, -0.1) is 0 Å². The first kappa shape index (κ1) is 54.6. The Morgan fingerprint density at radius 2 is 0.564 bits per heavy atom. The van der Waals surface area contributed by atoms with Crippen LogP contribution in [-0.2, 0) is 12.4 Å². The van der Waals surface area contributed by atoms with Gasteiger partial charge < -0.3 is 23.7 Å². The fourth-order valence-corrected chi connectivity index (χ4v) is 15.9. The SMILES string of the molecule is [O-]B([O-])Oc1cc(C(F)(F)F)cc(C(F)(F)F)c1.c1ccc([P+](Oc2cccc3ccccc23)(c2ccccc2)c2ccccc2)cc1.c1ccc([P+](Oc2cccc3ccccc23)(c2ccccc2)c2ccccc2)cc1. The second-order valence-corrected chi connectivity index (χ2v) is 23.4. The highest BCUT2D eigenvalue weighted by Gasteiger charge is 2.51. The highest BCUT2D eigenvalue weighted by Crippen LogP contribution is 2.58. The molecule has 0 saturated carbocycles. The maximum Gasteiger partial charge on any atom is 0.416 e. The first-order valence-electron chi connectivity index (χ1n) is 24.5. The van der Waals surface area contributed by atoms with E-state index in [2.05, 4.69) is 272 Å². The van der Waals surface area contributed by atoms with Crippen molar-refractivity contribution in [3.63, 3.8) is 0 Å². The third-order valence-electron chi connectivity index (χ3n) is 12.5. The molecule has 0 spiro atoms. The number of alkyl halides is 6. The summed E-state index contributed by atoms with van der Waals surface area (Å²) in [6.07, 6.45) is -10.1. The van der Waals surface area contributed by atoms with Crippen molar-refractivity contribution < 1.29 is 50.1 Å². The van der Waals surface area contributed by atoms with Gasteiger partial charge in [0.05, 0.1) is 16.9 Å². The first-order valence-corrected chi connectivity index (χ1v) is 27.9. The van der Waals surface area contributed by atoms with Crippen LogP contribution in [-0.4, -0.2) is 7.32 Å². The van der Waals surface area contributed by atoms with Gasteiger partial charge in [-0.1, -0.05) is 182 Å². The average Bonchev–Trinajstić information content (AvgIpc) is 3.58. The van der Waals surface area contributed by atoms with Crippen molar-refractivity contribution in [2.24, 2.45) is 0 Å². The molecule has 0 saturated heterocycles. The van der Waals surface area contributed by atoms with Gasteiger partial charge in [0.15, 0.2) is 11.5 Å². The van der Waals surface area contributed by atoms with Crippen LogP contribution in [0.25, 0.3) is 21.5 Å². The number of rotatable bonds is 12. The Hall–Kier alpha value is -8.24. The van der Waals surface area contributed by atoms with Crippen LogP contribution >= 0.6 is 15.0 Å². The molecule has 14 heteroatoms. The Labute approximate surface area is 449 Å². The maximum absolute atomic E-state index is 12.3. The predicted molar refractivity (Wildman–Crippen MR) is 302 cm³/mol. The lowest BCUT2D eigenvalue weighted by molar-refractivity contribution is -0.372. The van der Waals surface area contributed by atoms with Crippen LogP contribution in [0, 0.1) is 0 Å². The largest absolute Gasteiger partial charge is 0.860 e. The number of benzene rings is 11. The quantitative estimate of drug-likeness (QED) is 0.0692. The normalized spacial score (nSPS) is 11.6. The van der Waals surface area contributed by atoms with E-state index in [0.29, 0.717) is 0 Å². The Balaban J connectivity index is 0.000000148. The van der Waals surface area contributed by atoms with Crippen molar-refractivity contribution >= 4 is 75.7 Å². The molecule has 0 N–H and O–H groups in total. The van der Waals surface area contributed by atoms with Crippen molar-refractivity contribution in [2.45, 2.75) is 12.4 Å². The lowest BCUT2D eigenvalue weighted by Gasteiger charge is -2.27. The van der Waals surface area contributed by atoms with Crippen LogP contribution in [0.4, 0.5) is 26.3 Å². The molecular formula is C64H47BF6O5P2. The minimum absolute atomic E-state index is 0.141. The molecule has 5 nitrogen and oxygen atoms in total. The van der Waals surface area contributed by atoms with Gasteiger partial charge in [-0.05, 0) is 114 Å². The molecule has 11 aromatic carbocycles. The molecule has 78 heavy (non-hydrogen) atoms. The van der Waals surface area contributed by atoms with E-state index in [-0.39, 0.29) is 18.2 Å². The lowest BCUT2D eigenvalue weighted by atomic mass is 10.1. The number of halogens is 6. The molecule has 0 unspecified atom stereocenters. The van der Waals surface area contributed by atoms with E-state index in [0.717, 1.165) is 22.3 Å². The minimum atomic E-state index is -5.05. The summed E-state index contributed by atoms with van der Waals surface area (Å²) in [6, 6.07) is 93.5. The molecule has 0 amide bonds. The summed E-state index contributed by atoms with van der Waals surface area (Å²) in [5.74, 6) is 0.753. The van der Waals surface area contributed by atoms with E-state index in [9.17, 15) is 36.4 Å². The molecule has 0 atom stereocenters. The Kier molecular flexibility index (Phi) is 17.1. The van der Waals surface area contributed by atoms with Gasteiger partial charge in [-0.2, -0.15) is 26.3 Å². The summed E-state index contributed by atoms with van der Waals surface area (Å²) in [5.41, 5.74) is -3.32. The fraction of sp³-hybridized carbons (Fsp3) is 0.0312. The summed E-state index contributed by atoms with van der Waals surface area (Å²) >= 11 is 0. The Morgan fingerprint density at radius 3 is 0.833 bits per heavy atom. The van der Waals surface area contributed by atoms with Crippen LogP contribution < -0.4 is 55.6 Å². The summed E-state index contributed by atoms with van der Waals surface area (Å²) < 4.78 is 91.9. The fourth-order valence-electron chi connectivity index (χ4n) is 8.99. The second kappa shape index (κ2) is 24.4. The molecular weight excluding hydrogens is 1040 g/mol. The topological polar surface area (TPSA) is 73.8 Å². The van der Waals surface area contributed by atoms with Gasteiger partial charge in [-0.25, -0.2) is 0 Å². The molecule has 388 valence electrons. The van der Waals surface area contributed by atoms with Crippen molar-refractivity contribution in [3.05, 3.63) is 296 Å². The molecule has 0 heterocycles. The monoisotopic (exact) mass is 1080 g/mol. The van der Waals surface area contributed by atoms with E-state index in [1.54, 1.807) is 0 Å². The summed E-state index contributed by atoms with van der Waals surface area (Å²) in [4.78, 5) is 0. The summed E-state index contributed by atoms with van der Waals surface area (Å²) in [6.45, 7) is 0. The molecule has 0 fully saturated rings. The highest BCUT2D eigenvalue weighted by molar-refractivity contribution is 7.92. The van der Waals surface area contributed by atoms with Gasteiger partial charge in [0.2, 0.25) is 0 Å². The second-order valence-electron chi connectivity index (χ2n) is 17.5. The van der Waals surface area contributed by atoms with Crippen molar-refractivity contribution in [1.29, 1.82) is 0 Å². The van der Waals surface area contributed by atoms with Gasteiger partial charge >= 0.3 is 12.4 Å². The van der Waals surface area contributed by atoms with Gasteiger partial charge in [0, 0.05) is 10.8 Å². The number of fused-ring (bicyclic) bond motifs is 2. The molecule has 0 aromatic heterocycles. The van der Waals surface area contributed by atoms with Crippen LogP contribution in [0.5, 0.6) is 17.2 Å². The van der Waals surface area contributed by atoms with E-state index in [1.165, 1.54) is 42.6 Å². The van der Waals surface area contributed by atoms with Crippen molar-refractivity contribution in [3.8, 4) is 17.2 Å². The zero-order valence-electron chi connectivity index (χ0n) is 41.4. The molecule has 11 aromatic rings. The minimum Gasteiger partial charge on any atom is -0.860 e. The maximum atomic E-state index is 12.3. The van der Waals surface area contributed by atoms with E-state index in [1.807, 2.05) is 0 Å². The Morgan fingerprint density at radius 1 is 0.308 bits per heavy atom. The van der Waals surface area contributed by atoms with Crippen molar-refractivity contribution in [1.82, 2.24) is 0 Å².